The van der Waals surface area contributed by atoms with Gasteiger partial charge in [-0.2, -0.15) is 0 Å². The first kappa shape index (κ1) is 15.7. The van der Waals surface area contributed by atoms with E-state index in [0.717, 1.165) is 6.04 Å². The molecule has 2 aromatic carbocycles. The molecule has 0 amide bonds. The molecule has 2 heteroatoms. The van der Waals surface area contributed by atoms with Gasteiger partial charge >= 0.3 is 0 Å². The lowest BCUT2D eigenvalue weighted by Gasteiger charge is -2.38. The van der Waals surface area contributed by atoms with Gasteiger partial charge in [0, 0.05) is 24.6 Å². The van der Waals surface area contributed by atoms with Crippen molar-refractivity contribution in [3.05, 3.63) is 65.7 Å². The van der Waals surface area contributed by atoms with Crippen LogP contribution >= 0.6 is 0 Å². The number of hydrogen-bond donors (Lipinski definition) is 0. The van der Waals surface area contributed by atoms with Gasteiger partial charge in [-0.15, -0.1) is 0 Å². The Labute approximate surface area is 146 Å². The van der Waals surface area contributed by atoms with Crippen LogP contribution in [0.15, 0.2) is 54.6 Å². The minimum Gasteiger partial charge on any atom is -0.362 e. The Hall–Kier alpha value is -1.80. The van der Waals surface area contributed by atoms with E-state index in [2.05, 4.69) is 73.6 Å². The van der Waals surface area contributed by atoms with E-state index < -0.39 is 0 Å². The molecule has 126 valence electrons. The number of hydrogen-bond acceptors (Lipinski definition) is 1. The Kier molecular flexibility index (Phi) is 4.09. The highest BCUT2D eigenvalue weighted by atomic mass is 15.4. The maximum atomic E-state index is 2.70. The first-order valence-electron chi connectivity index (χ1n) is 9.35. The molecule has 1 atom stereocenters. The molecular weight excluding hydrogens is 292 g/mol. The number of quaternary nitrogens is 1. The number of anilines is 1. The largest absolute Gasteiger partial charge is 0.362 e. The lowest BCUT2D eigenvalue weighted by atomic mass is 10.1. The minimum absolute atomic E-state index is 0.602. The maximum absolute atomic E-state index is 2.70. The number of para-hydroxylation sites is 1. The van der Waals surface area contributed by atoms with Crippen molar-refractivity contribution in [2.45, 2.75) is 37.8 Å². The van der Waals surface area contributed by atoms with E-state index in [1.54, 1.807) is 11.1 Å². The molecule has 1 heterocycles. The molecular formula is C22H29N2+. The molecule has 1 aliphatic carbocycles. The number of likely N-dealkylation sites (N-methyl/N-ethyl adjacent to an activating group) is 1. The smallest absolute Gasteiger partial charge is 0.107 e. The van der Waals surface area contributed by atoms with E-state index in [9.17, 15) is 0 Å². The summed E-state index contributed by atoms with van der Waals surface area (Å²) in [5, 5.41) is 0. The molecule has 2 nitrogen and oxygen atoms in total. The van der Waals surface area contributed by atoms with E-state index in [0.29, 0.717) is 6.04 Å². The molecule has 1 fully saturated rings. The number of nitrogens with zero attached hydrogens (tertiary/aromatic N) is 2. The summed E-state index contributed by atoms with van der Waals surface area (Å²) in [6.07, 6.45) is 5.09. The predicted octanol–water partition coefficient (Wildman–Crippen LogP) is 3.90. The first-order valence-corrected chi connectivity index (χ1v) is 9.35. The SMILES string of the molecule is C[N+]1(C)CCCC1CN(c1ccccc1)C1Cc2ccccc2C1. The standard InChI is InChI=1S/C22H29N2/c1-24(2)14-8-13-22(24)17-23(20-11-4-3-5-12-20)21-15-18-9-6-7-10-19(18)16-21/h3-7,9-12,21-22H,8,13-17H2,1-2H3/q+1. The summed E-state index contributed by atoms with van der Waals surface area (Å²) in [4.78, 5) is 2.70. The lowest BCUT2D eigenvalue weighted by molar-refractivity contribution is -0.900. The molecule has 4 rings (SSSR count). The summed E-state index contributed by atoms with van der Waals surface area (Å²) in [7, 11) is 4.81. The molecule has 0 bridgehead atoms. The van der Waals surface area contributed by atoms with Crippen LogP contribution in [0.1, 0.15) is 24.0 Å². The number of rotatable bonds is 4. The summed E-state index contributed by atoms with van der Waals surface area (Å²) in [5.74, 6) is 0. The van der Waals surface area contributed by atoms with E-state index in [1.165, 1.54) is 48.9 Å². The van der Waals surface area contributed by atoms with Gasteiger partial charge in [0.15, 0.2) is 0 Å². The number of benzene rings is 2. The molecule has 24 heavy (non-hydrogen) atoms. The van der Waals surface area contributed by atoms with E-state index in [-0.39, 0.29) is 0 Å². The van der Waals surface area contributed by atoms with Crippen molar-refractivity contribution < 1.29 is 4.48 Å². The van der Waals surface area contributed by atoms with Crippen molar-refractivity contribution in [3.63, 3.8) is 0 Å². The zero-order valence-electron chi connectivity index (χ0n) is 15.0. The third kappa shape index (κ3) is 2.95. The van der Waals surface area contributed by atoms with Crippen LogP contribution < -0.4 is 4.90 Å². The van der Waals surface area contributed by atoms with Crippen molar-refractivity contribution in [2.24, 2.45) is 0 Å². The number of likely N-dealkylation sites (tertiary alicyclic amines) is 1. The Morgan fingerprint density at radius 1 is 0.917 bits per heavy atom. The molecule has 0 spiro atoms. The van der Waals surface area contributed by atoms with Gasteiger partial charge in [0.05, 0.1) is 27.2 Å². The lowest BCUT2D eigenvalue weighted by Crippen LogP contribution is -2.52. The fourth-order valence-corrected chi connectivity index (χ4v) is 4.65. The first-order chi connectivity index (χ1) is 11.6. The highest BCUT2D eigenvalue weighted by molar-refractivity contribution is 5.50. The minimum atomic E-state index is 0.602. The second kappa shape index (κ2) is 6.25. The van der Waals surface area contributed by atoms with Crippen LogP contribution in [-0.2, 0) is 12.8 Å². The molecule has 1 aliphatic heterocycles. The van der Waals surface area contributed by atoms with Crippen molar-refractivity contribution in [2.75, 3.05) is 32.1 Å². The highest BCUT2D eigenvalue weighted by Crippen LogP contribution is 2.31. The molecule has 1 unspecified atom stereocenters. The van der Waals surface area contributed by atoms with Gasteiger partial charge < -0.3 is 9.38 Å². The summed E-state index contributed by atoms with van der Waals surface area (Å²) in [6, 6.07) is 21.4. The van der Waals surface area contributed by atoms with Crippen LogP contribution in [0.3, 0.4) is 0 Å². The van der Waals surface area contributed by atoms with Gasteiger partial charge in [-0.05, 0) is 36.1 Å². The fraction of sp³-hybridized carbons (Fsp3) is 0.455. The summed E-state index contributed by atoms with van der Waals surface area (Å²) in [5.41, 5.74) is 4.48. The second-order valence-electron chi connectivity index (χ2n) is 8.12. The summed E-state index contributed by atoms with van der Waals surface area (Å²) in [6.45, 7) is 2.49. The summed E-state index contributed by atoms with van der Waals surface area (Å²) < 4.78 is 1.17. The normalized spacial score (nSPS) is 22.5. The van der Waals surface area contributed by atoms with Crippen LogP contribution in [0.2, 0.25) is 0 Å². The van der Waals surface area contributed by atoms with Crippen LogP contribution in [-0.4, -0.2) is 43.8 Å². The Morgan fingerprint density at radius 3 is 2.12 bits per heavy atom. The van der Waals surface area contributed by atoms with Gasteiger partial charge in [-0.25, -0.2) is 0 Å². The molecule has 1 saturated heterocycles. The zero-order valence-corrected chi connectivity index (χ0v) is 15.0. The van der Waals surface area contributed by atoms with Gasteiger partial charge in [0.2, 0.25) is 0 Å². The Balaban J connectivity index is 1.60. The van der Waals surface area contributed by atoms with Gasteiger partial charge in [0.1, 0.15) is 6.04 Å². The molecule has 0 saturated carbocycles. The van der Waals surface area contributed by atoms with Crippen molar-refractivity contribution in [1.29, 1.82) is 0 Å². The maximum Gasteiger partial charge on any atom is 0.107 e. The van der Waals surface area contributed by atoms with Crippen molar-refractivity contribution >= 4 is 5.69 Å². The molecule has 0 aromatic heterocycles. The van der Waals surface area contributed by atoms with Crippen LogP contribution in [0.5, 0.6) is 0 Å². The van der Waals surface area contributed by atoms with Crippen molar-refractivity contribution in [1.82, 2.24) is 0 Å². The van der Waals surface area contributed by atoms with Gasteiger partial charge in [-0.3, -0.25) is 0 Å². The second-order valence-corrected chi connectivity index (χ2v) is 8.12. The molecule has 2 aliphatic rings. The average Bonchev–Trinajstić information content (AvgIpc) is 3.16. The predicted molar refractivity (Wildman–Crippen MR) is 101 cm³/mol. The fourth-order valence-electron chi connectivity index (χ4n) is 4.65. The van der Waals surface area contributed by atoms with E-state index in [4.69, 9.17) is 0 Å². The van der Waals surface area contributed by atoms with E-state index in [1.807, 2.05) is 0 Å². The third-order valence-corrected chi connectivity index (χ3v) is 6.23. The Morgan fingerprint density at radius 2 is 1.54 bits per heavy atom. The monoisotopic (exact) mass is 321 g/mol. The summed E-state index contributed by atoms with van der Waals surface area (Å²) >= 11 is 0. The topological polar surface area (TPSA) is 3.24 Å². The van der Waals surface area contributed by atoms with Crippen LogP contribution in [0.4, 0.5) is 5.69 Å². The highest BCUT2D eigenvalue weighted by Gasteiger charge is 2.37. The quantitative estimate of drug-likeness (QED) is 0.772. The molecule has 2 aromatic rings. The van der Waals surface area contributed by atoms with Crippen molar-refractivity contribution in [3.8, 4) is 0 Å². The zero-order chi connectivity index (χ0) is 16.6. The van der Waals surface area contributed by atoms with Gasteiger partial charge in [0.25, 0.3) is 0 Å². The Bertz CT molecular complexity index is 667. The molecule has 0 N–H and O–H groups in total. The van der Waals surface area contributed by atoms with Crippen LogP contribution in [0, 0.1) is 0 Å². The van der Waals surface area contributed by atoms with Crippen LogP contribution in [0.25, 0.3) is 0 Å². The third-order valence-electron chi connectivity index (χ3n) is 6.23. The van der Waals surface area contributed by atoms with Gasteiger partial charge in [-0.1, -0.05) is 42.5 Å². The number of fused-ring (bicyclic) bond motifs is 1. The molecule has 0 radical (unpaired) electrons. The average molecular weight is 321 g/mol. The van der Waals surface area contributed by atoms with E-state index >= 15 is 0 Å².